The first-order chi connectivity index (χ1) is 9.20. The Hall–Kier alpha value is -0.650. The Balaban J connectivity index is 1.33. The molecular weight excluding hydrogens is 242 g/mol. The number of carbonyl (C=O) groups excluding carboxylic acids is 1. The van der Waals surface area contributed by atoms with Crippen molar-refractivity contribution in [3.8, 4) is 0 Å². The molecule has 1 atom stereocenters. The zero-order chi connectivity index (χ0) is 13.2. The smallest absolute Gasteiger partial charge is 0.234 e. The molecule has 2 saturated carbocycles. The van der Waals surface area contributed by atoms with E-state index in [9.17, 15) is 9.90 Å². The van der Waals surface area contributed by atoms with E-state index < -0.39 is 0 Å². The molecule has 5 nitrogen and oxygen atoms in total. The Kier molecular flexibility index (Phi) is 4.05. The van der Waals surface area contributed by atoms with Crippen LogP contribution in [0.2, 0.25) is 0 Å². The number of hydrogen-bond acceptors (Lipinski definition) is 4. The van der Waals surface area contributed by atoms with Crippen LogP contribution in [0.5, 0.6) is 0 Å². The lowest BCUT2D eigenvalue weighted by Crippen LogP contribution is -2.51. The quantitative estimate of drug-likeness (QED) is 0.691. The second-order valence-electron chi connectivity index (χ2n) is 6.32. The lowest BCUT2D eigenvalue weighted by molar-refractivity contribution is -0.122. The van der Waals surface area contributed by atoms with Crippen molar-refractivity contribution >= 4 is 5.91 Å². The molecule has 19 heavy (non-hydrogen) atoms. The fourth-order valence-electron chi connectivity index (χ4n) is 2.73. The summed E-state index contributed by atoms with van der Waals surface area (Å²) < 4.78 is 0. The highest BCUT2D eigenvalue weighted by molar-refractivity contribution is 5.78. The molecule has 0 aromatic heterocycles. The largest absolute Gasteiger partial charge is 0.392 e. The number of hydrogen-bond donors (Lipinski definition) is 2. The van der Waals surface area contributed by atoms with Gasteiger partial charge in [-0.15, -0.1) is 0 Å². The highest BCUT2D eigenvalue weighted by Crippen LogP contribution is 2.32. The lowest BCUT2D eigenvalue weighted by atomic mass is 10.2. The summed E-state index contributed by atoms with van der Waals surface area (Å²) in [5.74, 6) is 0.733. The Morgan fingerprint density at radius 2 is 1.74 bits per heavy atom. The van der Waals surface area contributed by atoms with Crippen LogP contribution in [-0.4, -0.2) is 72.2 Å². The third kappa shape index (κ3) is 4.16. The maximum atomic E-state index is 11.7. The number of nitrogens with one attached hydrogen (secondary N) is 1. The van der Waals surface area contributed by atoms with Gasteiger partial charge in [-0.3, -0.25) is 14.6 Å². The number of β-amino-alcohol motifs (C(OH)–C–C–N with tert-alkyl or cyclic N) is 1. The molecule has 0 bridgehead atoms. The van der Waals surface area contributed by atoms with E-state index in [0.29, 0.717) is 18.5 Å². The average Bonchev–Trinajstić information content (AvgIpc) is 3.25. The molecule has 2 aliphatic carbocycles. The number of amides is 1. The fraction of sp³-hybridized carbons (Fsp3) is 0.929. The summed E-state index contributed by atoms with van der Waals surface area (Å²) in [5.41, 5.74) is 0. The number of piperazine rings is 1. The van der Waals surface area contributed by atoms with E-state index in [4.69, 9.17) is 0 Å². The zero-order valence-electron chi connectivity index (χ0n) is 11.6. The van der Waals surface area contributed by atoms with Crippen molar-refractivity contribution in [2.75, 3.05) is 39.3 Å². The van der Waals surface area contributed by atoms with Crippen LogP contribution in [0.4, 0.5) is 0 Å². The molecule has 1 amide bonds. The van der Waals surface area contributed by atoms with E-state index in [1.807, 2.05) is 0 Å². The third-order valence-electron chi connectivity index (χ3n) is 4.39. The fourth-order valence-corrected chi connectivity index (χ4v) is 2.73. The van der Waals surface area contributed by atoms with Gasteiger partial charge >= 0.3 is 0 Å². The van der Waals surface area contributed by atoms with Gasteiger partial charge in [0.15, 0.2) is 0 Å². The van der Waals surface area contributed by atoms with Gasteiger partial charge in [0, 0.05) is 38.8 Å². The standard InChI is InChI=1S/C14H25N3O2/c18-13(11-1-2-11)9-16-5-7-17(8-6-16)10-14(19)15-12-3-4-12/h11-13,18H,1-10H2,(H,15,19)/t13-/m0/s1. The molecule has 1 heterocycles. The third-order valence-corrected chi connectivity index (χ3v) is 4.39. The minimum absolute atomic E-state index is 0.135. The van der Waals surface area contributed by atoms with Crippen molar-refractivity contribution in [2.24, 2.45) is 5.92 Å². The summed E-state index contributed by atoms with van der Waals surface area (Å²) in [6, 6.07) is 0.461. The number of nitrogens with zero attached hydrogens (tertiary/aromatic N) is 2. The summed E-state index contributed by atoms with van der Waals surface area (Å²) >= 11 is 0. The van der Waals surface area contributed by atoms with Gasteiger partial charge in [0.05, 0.1) is 12.6 Å². The summed E-state index contributed by atoms with van der Waals surface area (Å²) in [6.45, 7) is 5.17. The molecule has 3 rings (SSSR count). The van der Waals surface area contributed by atoms with E-state index in [2.05, 4.69) is 15.1 Å². The summed E-state index contributed by atoms with van der Waals surface area (Å²) in [6.07, 6.45) is 4.56. The van der Waals surface area contributed by atoms with Crippen molar-refractivity contribution in [3.63, 3.8) is 0 Å². The zero-order valence-corrected chi connectivity index (χ0v) is 11.6. The van der Waals surface area contributed by atoms with Crippen LogP contribution in [0.15, 0.2) is 0 Å². The summed E-state index contributed by atoms with van der Waals surface area (Å²) in [5, 5.41) is 13.0. The second kappa shape index (κ2) is 5.77. The predicted molar refractivity (Wildman–Crippen MR) is 72.8 cm³/mol. The van der Waals surface area contributed by atoms with Gasteiger partial charge in [-0.05, 0) is 31.6 Å². The molecule has 0 radical (unpaired) electrons. The van der Waals surface area contributed by atoms with E-state index in [1.54, 1.807) is 0 Å². The average molecular weight is 267 g/mol. The van der Waals surface area contributed by atoms with Gasteiger partial charge in [0.25, 0.3) is 0 Å². The van der Waals surface area contributed by atoms with Crippen molar-refractivity contribution in [3.05, 3.63) is 0 Å². The Morgan fingerprint density at radius 3 is 2.32 bits per heavy atom. The summed E-state index contributed by atoms with van der Waals surface area (Å²) in [4.78, 5) is 16.3. The second-order valence-corrected chi connectivity index (χ2v) is 6.32. The molecule has 0 aromatic carbocycles. The van der Waals surface area contributed by atoms with Crippen molar-refractivity contribution in [2.45, 2.75) is 37.8 Å². The monoisotopic (exact) mass is 267 g/mol. The molecule has 0 spiro atoms. The Bertz CT molecular complexity index is 321. The molecule has 0 unspecified atom stereocenters. The summed E-state index contributed by atoms with van der Waals surface area (Å²) in [7, 11) is 0. The molecule has 2 N–H and O–H groups in total. The van der Waals surface area contributed by atoms with Crippen LogP contribution in [-0.2, 0) is 4.79 Å². The van der Waals surface area contributed by atoms with Crippen LogP contribution in [0.1, 0.15) is 25.7 Å². The molecular formula is C14H25N3O2. The first-order valence-corrected chi connectivity index (χ1v) is 7.63. The molecule has 1 saturated heterocycles. The lowest BCUT2D eigenvalue weighted by Gasteiger charge is -2.35. The first kappa shape index (κ1) is 13.3. The SMILES string of the molecule is O=C(CN1CCN(C[C@H](O)C2CC2)CC1)NC1CC1. The van der Waals surface area contributed by atoms with Crippen LogP contribution >= 0.6 is 0 Å². The maximum Gasteiger partial charge on any atom is 0.234 e. The predicted octanol–water partition coefficient (Wildman–Crippen LogP) is -0.346. The topological polar surface area (TPSA) is 55.8 Å². The highest BCUT2D eigenvalue weighted by Gasteiger charge is 2.32. The number of aliphatic hydroxyl groups excluding tert-OH is 1. The van der Waals surface area contributed by atoms with Gasteiger partial charge < -0.3 is 10.4 Å². The van der Waals surface area contributed by atoms with Gasteiger partial charge in [-0.2, -0.15) is 0 Å². The van der Waals surface area contributed by atoms with E-state index in [1.165, 1.54) is 12.8 Å². The van der Waals surface area contributed by atoms with Crippen molar-refractivity contribution in [1.29, 1.82) is 0 Å². The molecule has 108 valence electrons. The molecule has 5 heteroatoms. The number of rotatable bonds is 6. The van der Waals surface area contributed by atoms with Gasteiger partial charge in [-0.1, -0.05) is 0 Å². The van der Waals surface area contributed by atoms with Crippen LogP contribution < -0.4 is 5.32 Å². The first-order valence-electron chi connectivity index (χ1n) is 7.63. The van der Waals surface area contributed by atoms with E-state index in [0.717, 1.165) is 45.6 Å². The Labute approximate surface area is 114 Å². The van der Waals surface area contributed by atoms with Crippen LogP contribution in [0.25, 0.3) is 0 Å². The molecule has 1 aliphatic heterocycles. The van der Waals surface area contributed by atoms with Gasteiger partial charge in [-0.25, -0.2) is 0 Å². The minimum atomic E-state index is -0.135. The molecule has 3 aliphatic rings. The van der Waals surface area contributed by atoms with Gasteiger partial charge in [0.2, 0.25) is 5.91 Å². The van der Waals surface area contributed by atoms with E-state index >= 15 is 0 Å². The maximum absolute atomic E-state index is 11.7. The van der Waals surface area contributed by atoms with Crippen molar-refractivity contribution in [1.82, 2.24) is 15.1 Å². The molecule has 3 fully saturated rings. The highest BCUT2D eigenvalue weighted by atomic mass is 16.3. The number of aliphatic hydroxyl groups is 1. The van der Waals surface area contributed by atoms with E-state index in [-0.39, 0.29) is 12.0 Å². The number of carbonyl (C=O) groups is 1. The molecule has 0 aromatic rings. The van der Waals surface area contributed by atoms with Crippen molar-refractivity contribution < 1.29 is 9.90 Å². The normalized spacial score (nSPS) is 27.2. The Morgan fingerprint density at radius 1 is 1.11 bits per heavy atom. The van der Waals surface area contributed by atoms with Gasteiger partial charge in [0.1, 0.15) is 0 Å². The van der Waals surface area contributed by atoms with Crippen LogP contribution in [0, 0.1) is 5.92 Å². The van der Waals surface area contributed by atoms with Crippen LogP contribution in [0.3, 0.4) is 0 Å². The minimum Gasteiger partial charge on any atom is -0.392 e.